The molecule has 3 heteroatoms. The Morgan fingerprint density at radius 1 is 1.36 bits per heavy atom. The van der Waals surface area contributed by atoms with E-state index in [1.807, 2.05) is 0 Å². The third-order valence-electron chi connectivity index (χ3n) is 2.53. The molecule has 1 atom stereocenters. The molecule has 0 aliphatic carbocycles. The van der Waals surface area contributed by atoms with Crippen LogP contribution in [0.2, 0.25) is 0 Å². The maximum atomic E-state index is 12.6. The van der Waals surface area contributed by atoms with E-state index in [9.17, 15) is 9.50 Å². The second kappa shape index (κ2) is 3.67. The Labute approximate surface area is 82.3 Å². The molecule has 0 radical (unpaired) electrons. The van der Waals surface area contributed by atoms with E-state index < -0.39 is 5.60 Å². The first-order valence-corrected chi connectivity index (χ1v) is 4.73. The molecular weight excluding hydrogens is 183 g/mol. The minimum absolute atomic E-state index is 0.247. The number of aliphatic hydroxyl groups is 1. The van der Waals surface area contributed by atoms with Crippen LogP contribution < -0.4 is 0 Å². The molecular formula is C11H13FO2. The highest BCUT2D eigenvalue weighted by molar-refractivity contribution is 5.18. The van der Waals surface area contributed by atoms with Gasteiger partial charge in [0.05, 0.1) is 12.2 Å². The van der Waals surface area contributed by atoms with Gasteiger partial charge in [0, 0.05) is 19.4 Å². The van der Waals surface area contributed by atoms with Crippen LogP contribution in [0.5, 0.6) is 0 Å². The molecule has 0 bridgehead atoms. The van der Waals surface area contributed by atoms with Crippen LogP contribution in [-0.4, -0.2) is 23.9 Å². The van der Waals surface area contributed by atoms with E-state index >= 15 is 0 Å². The van der Waals surface area contributed by atoms with Crippen LogP contribution in [0, 0.1) is 5.82 Å². The summed E-state index contributed by atoms with van der Waals surface area (Å²) < 4.78 is 17.7. The zero-order valence-electron chi connectivity index (χ0n) is 7.87. The predicted octanol–water partition coefficient (Wildman–Crippen LogP) is 1.52. The van der Waals surface area contributed by atoms with Crippen LogP contribution in [-0.2, 0) is 11.2 Å². The van der Waals surface area contributed by atoms with E-state index in [0.717, 1.165) is 5.56 Å². The van der Waals surface area contributed by atoms with Crippen molar-refractivity contribution in [3.05, 3.63) is 35.6 Å². The smallest absolute Gasteiger partial charge is 0.123 e. The first-order chi connectivity index (χ1) is 6.68. The highest BCUT2D eigenvalue weighted by atomic mass is 19.1. The van der Waals surface area contributed by atoms with Gasteiger partial charge in [-0.25, -0.2) is 4.39 Å². The van der Waals surface area contributed by atoms with Crippen molar-refractivity contribution in [1.29, 1.82) is 0 Å². The topological polar surface area (TPSA) is 29.5 Å². The van der Waals surface area contributed by atoms with Gasteiger partial charge in [-0.1, -0.05) is 12.1 Å². The standard InChI is InChI=1S/C11H13FO2/c12-10-3-1-9(2-4-10)7-11(13)5-6-14-8-11/h1-4,13H,5-8H2. The summed E-state index contributed by atoms with van der Waals surface area (Å²) in [7, 11) is 0. The van der Waals surface area contributed by atoms with Crippen LogP contribution >= 0.6 is 0 Å². The third-order valence-corrected chi connectivity index (χ3v) is 2.53. The van der Waals surface area contributed by atoms with Crippen LogP contribution in [0.3, 0.4) is 0 Å². The van der Waals surface area contributed by atoms with Gasteiger partial charge in [0.15, 0.2) is 0 Å². The normalized spacial score (nSPS) is 26.7. The lowest BCUT2D eigenvalue weighted by molar-refractivity contribution is 0.0270. The number of hydrogen-bond acceptors (Lipinski definition) is 2. The summed E-state index contributed by atoms with van der Waals surface area (Å²) in [4.78, 5) is 0. The van der Waals surface area contributed by atoms with Crippen molar-refractivity contribution < 1.29 is 14.2 Å². The van der Waals surface area contributed by atoms with E-state index in [2.05, 4.69) is 0 Å². The lowest BCUT2D eigenvalue weighted by Gasteiger charge is -2.19. The van der Waals surface area contributed by atoms with Gasteiger partial charge in [-0.15, -0.1) is 0 Å². The monoisotopic (exact) mass is 196 g/mol. The van der Waals surface area contributed by atoms with Crippen LogP contribution in [0.25, 0.3) is 0 Å². The highest BCUT2D eigenvalue weighted by Crippen LogP contribution is 2.23. The van der Waals surface area contributed by atoms with Gasteiger partial charge < -0.3 is 9.84 Å². The largest absolute Gasteiger partial charge is 0.387 e. The maximum absolute atomic E-state index is 12.6. The van der Waals surface area contributed by atoms with Gasteiger partial charge in [-0.2, -0.15) is 0 Å². The zero-order valence-corrected chi connectivity index (χ0v) is 7.87. The summed E-state index contributed by atoms with van der Waals surface area (Å²) in [6, 6.07) is 6.22. The Morgan fingerprint density at radius 2 is 2.07 bits per heavy atom. The van der Waals surface area contributed by atoms with E-state index in [-0.39, 0.29) is 5.82 Å². The number of rotatable bonds is 2. The molecule has 14 heavy (non-hydrogen) atoms. The molecule has 1 aromatic rings. The Hall–Kier alpha value is -0.930. The number of halogens is 1. The molecule has 1 aliphatic rings. The third kappa shape index (κ3) is 2.11. The van der Waals surface area contributed by atoms with Crippen molar-refractivity contribution in [2.75, 3.05) is 13.2 Å². The molecule has 0 aromatic heterocycles. The minimum atomic E-state index is -0.752. The fraction of sp³-hybridized carbons (Fsp3) is 0.455. The Bertz CT molecular complexity index is 302. The molecule has 1 N–H and O–H groups in total. The number of benzene rings is 1. The second-order valence-corrected chi connectivity index (χ2v) is 3.83. The van der Waals surface area contributed by atoms with Gasteiger partial charge >= 0.3 is 0 Å². The van der Waals surface area contributed by atoms with Gasteiger partial charge in [0.2, 0.25) is 0 Å². The van der Waals surface area contributed by atoms with Crippen molar-refractivity contribution >= 4 is 0 Å². The summed E-state index contributed by atoms with van der Waals surface area (Å²) in [6.07, 6.45) is 1.19. The first-order valence-electron chi connectivity index (χ1n) is 4.73. The predicted molar refractivity (Wildman–Crippen MR) is 50.5 cm³/mol. The molecule has 1 aliphatic heterocycles. The maximum Gasteiger partial charge on any atom is 0.123 e. The van der Waals surface area contributed by atoms with E-state index in [1.54, 1.807) is 12.1 Å². The SMILES string of the molecule is OC1(Cc2ccc(F)cc2)CCOC1. The molecule has 1 fully saturated rings. The average Bonchev–Trinajstić information content (AvgIpc) is 2.57. The van der Waals surface area contributed by atoms with Crippen molar-refractivity contribution in [2.45, 2.75) is 18.4 Å². The number of ether oxygens (including phenoxy) is 1. The summed E-state index contributed by atoms with van der Waals surface area (Å²) >= 11 is 0. The van der Waals surface area contributed by atoms with Crippen LogP contribution in [0.1, 0.15) is 12.0 Å². The molecule has 1 saturated heterocycles. The molecule has 0 spiro atoms. The average molecular weight is 196 g/mol. The Kier molecular flexibility index (Phi) is 2.52. The fourth-order valence-electron chi connectivity index (χ4n) is 1.72. The molecule has 0 saturated carbocycles. The van der Waals surface area contributed by atoms with Crippen molar-refractivity contribution in [3.63, 3.8) is 0 Å². The summed E-state index contributed by atoms with van der Waals surface area (Å²) in [6.45, 7) is 0.988. The van der Waals surface area contributed by atoms with E-state index in [1.165, 1.54) is 12.1 Å². The van der Waals surface area contributed by atoms with Crippen LogP contribution in [0.4, 0.5) is 4.39 Å². The van der Waals surface area contributed by atoms with Crippen LogP contribution in [0.15, 0.2) is 24.3 Å². The zero-order chi connectivity index (χ0) is 10.0. The van der Waals surface area contributed by atoms with Crippen molar-refractivity contribution in [3.8, 4) is 0 Å². The van der Waals surface area contributed by atoms with Gasteiger partial charge in [0.25, 0.3) is 0 Å². The number of hydrogen-bond donors (Lipinski definition) is 1. The second-order valence-electron chi connectivity index (χ2n) is 3.83. The van der Waals surface area contributed by atoms with E-state index in [0.29, 0.717) is 26.1 Å². The Balaban J connectivity index is 2.06. The molecule has 1 unspecified atom stereocenters. The molecule has 2 nitrogen and oxygen atoms in total. The lowest BCUT2D eigenvalue weighted by Crippen LogP contribution is -2.31. The van der Waals surface area contributed by atoms with Crippen molar-refractivity contribution in [1.82, 2.24) is 0 Å². The molecule has 1 aromatic carbocycles. The minimum Gasteiger partial charge on any atom is -0.387 e. The highest BCUT2D eigenvalue weighted by Gasteiger charge is 2.32. The fourth-order valence-corrected chi connectivity index (χ4v) is 1.72. The summed E-state index contributed by atoms with van der Waals surface area (Å²) in [5, 5.41) is 10.00. The molecule has 2 rings (SSSR count). The van der Waals surface area contributed by atoms with Gasteiger partial charge in [0.1, 0.15) is 5.82 Å². The molecule has 1 heterocycles. The summed E-state index contributed by atoms with van der Waals surface area (Å²) in [5.74, 6) is -0.247. The quantitative estimate of drug-likeness (QED) is 0.777. The molecule has 76 valence electrons. The van der Waals surface area contributed by atoms with Crippen molar-refractivity contribution in [2.24, 2.45) is 0 Å². The molecule has 0 amide bonds. The first kappa shape index (κ1) is 9.62. The Morgan fingerprint density at radius 3 is 2.64 bits per heavy atom. The van der Waals surface area contributed by atoms with E-state index in [4.69, 9.17) is 4.74 Å². The van der Waals surface area contributed by atoms with Gasteiger partial charge in [-0.05, 0) is 17.7 Å². The summed E-state index contributed by atoms with van der Waals surface area (Å²) in [5.41, 5.74) is 0.192. The van der Waals surface area contributed by atoms with Gasteiger partial charge in [-0.3, -0.25) is 0 Å². The lowest BCUT2D eigenvalue weighted by atomic mass is 9.94.